The van der Waals surface area contributed by atoms with Gasteiger partial charge in [-0.15, -0.1) is 0 Å². The maximum Gasteiger partial charge on any atom is 0.179 e. The van der Waals surface area contributed by atoms with Gasteiger partial charge < -0.3 is 10.1 Å². The first-order chi connectivity index (χ1) is 9.57. The van der Waals surface area contributed by atoms with Gasteiger partial charge in [0.1, 0.15) is 10.7 Å². The number of hydrogen-bond acceptors (Lipinski definition) is 6. The van der Waals surface area contributed by atoms with Gasteiger partial charge in [0.15, 0.2) is 9.84 Å². The van der Waals surface area contributed by atoms with Crippen LogP contribution in [-0.2, 0) is 14.6 Å². The largest absolute Gasteiger partial charge is 0.379 e. The maximum absolute atomic E-state index is 11.6. The lowest BCUT2D eigenvalue weighted by atomic mass is 10.3. The normalized spacial score (nSPS) is 17.1. The van der Waals surface area contributed by atoms with Crippen molar-refractivity contribution in [2.24, 2.45) is 0 Å². The van der Waals surface area contributed by atoms with Gasteiger partial charge in [-0.05, 0) is 25.1 Å². The van der Waals surface area contributed by atoms with E-state index in [0.29, 0.717) is 12.4 Å². The van der Waals surface area contributed by atoms with Crippen molar-refractivity contribution in [3.8, 4) is 0 Å². The van der Waals surface area contributed by atoms with Crippen LogP contribution >= 0.6 is 0 Å². The predicted octanol–water partition coefficient (Wildman–Crippen LogP) is 0.619. The first kappa shape index (κ1) is 15.2. The third kappa shape index (κ3) is 4.43. The zero-order valence-corrected chi connectivity index (χ0v) is 12.5. The molecule has 0 bridgehead atoms. The van der Waals surface area contributed by atoms with E-state index in [1.54, 1.807) is 18.3 Å². The Bertz CT molecular complexity index is 527. The summed E-state index contributed by atoms with van der Waals surface area (Å²) in [6.45, 7) is 5.22. The summed E-state index contributed by atoms with van der Waals surface area (Å²) in [6.07, 6.45) is 3.74. The molecule has 1 saturated heterocycles. The Kier molecular flexibility index (Phi) is 5.33. The average molecular weight is 299 g/mol. The molecule has 1 aromatic rings. The molecule has 1 aliphatic heterocycles. The van der Waals surface area contributed by atoms with E-state index in [-0.39, 0.29) is 4.90 Å². The lowest BCUT2D eigenvalue weighted by Gasteiger charge is -2.26. The van der Waals surface area contributed by atoms with Crippen molar-refractivity contribution in [1.82, 2.24) is 9.88 Å². The van der Waals surface area contributed by atoms with Gasteiger partial charge in [0.05, 0.1) is 13.2 Å². The molecule has 0 atom stereocenters. The van der Waals surface area contributed by atoms with Crippen LogP contribution in [0.25, 0.3) is 0 Å². The Balaban J connectivity index is 1.82. The monoisotopic (exact) mass is 299 g/mol. The molecule has 1 fully saturated rings. The third-order valence-electron chi connectivity index (χ3n) is 3.22. The highest BCUT2D eigenvalue weighted by Crippen LogP contribution is 2.17. The van der Waals surface area contributed by atoms with Crippen molar-refractivity contribution in [1.29, 1.82) is 0 Å². The van der Waals surface area contributed by atoms with E-state index in [4.69, 9.17) is 4.74 Å². The van der Waals surface area contributed by atoms with Crippen LogP contribution in [0.1, 0.15) is 6.42 Å². The molecule has 6 nitrogen and oxygen atoms in total. The Morgan fingerprint density at radius 1 is 1.40 bits per heavy atom. The van der Waals surface area contributed by atoms with E-state index in [0.717, 1.165) is 39.3 Å². The summed E-state index contributed by atoms with van der Waals surface area (Å²) in [6, 6.07) is 3.21. The second-order valence-electron chi connectivity index (χ2n) is 4.86. The Hall–Kier alpha value is -1.18. The van der Waals surface area contributed by atoms with Crippen LogP contribution in [0.2, 0.25) is 0 Å². The van der Waals surface area contributed by atoms with Gasteiger partial charge in [-0.25, -0.2) is 13.4 Å². The molecule has 2 rings (SSSR count). The van der Waals surface area contributed by atoms with Gasteiger partial charge in [-0.1, -0.05) is 0 Å². The molecule has 0 aliphatic carbocycles. The van der Waals surface area contributed by atoms with Gasteiger partial charge in [-0.3, -0.25) is 4.90 Å². The summed E-state index contributed by atoms with van der Waals surface area (Å²) >= 11 is 0. The molecular formula is C13H21N3O3S. The molecular weight excluding hydrogens is 278 g/mol. The van der Waals surface area contributed by atoms with Gasteiger partial charge >= 0.3 is 0 Å². The number of anilines is 1. The van der Waals surface area contributed by atoms with Crippen molar-refractivity contribution in [3.63, 3.8) is 0 Å². The number of nitrogens with one attached hydrogen (secondary N) is 1. The molecule has 0 unspecified atom stereocenters. The minimum Gasteiger partial charge on any atom is -0.379 e. The van der Waals surface area contributed by atoms with Gasteiger partial charge in [0.2, 0.25) is 0 Å². The van der Waals surface area contributed by atoms with Crippen molar-refractivity contribution in [2.75, 3.05) is 51.0 Å². The first-order valence-electron chi connectivity index (χ1n) is 6.76. The minimum absolute atomic E-state index is 0.256. The fraction of sp³-hybridized carbons (Fsp3) is 0.615. The van der Waals surface area contributed by atoms with E-state index in [1.807, 2.05) is 0 Å². The van der Waals surface area contributed by atoms with Crippen molar-refractivity contribution < 1.29 is 13.2 Å². The zero-order chi connectivity index (χ0) is 14.4. The molecule has 1 aromatic heterocycles. The molecule has 0 radical (unpaired) electrons. The lowest BCUT2D eigenvalue weighted by molar-refractivity contribution is 0.0378. The molecule has 112 valence electrons. The molecule has 7 heteroatoms. The summed E-state index contributed by atoms with van der Waals surface area (Å²) in [7, 11) is -3.24. The smallest absolute Gasteiger partial charge is 0.179 e. The number of nitrogens with zero attached hydrogens (tertiary/aromatic N) is 2. The Morgan fingerprint density at radius 2 is 2.15 bits per heavy atom. The quantitative estimate of drug-likeness (QED) is 0.777. The van der Waals surface area contributed by atoms with Gasteiger partial charge in [0.25, 0.3) is 0 Å². The number of morpholine rings is 1. The van der Waals surface area contributed by atoms with Crippen LogP contribution in [0.4, 0.5) is 5.82 Å². The SMILES string of the molecule is CS(=O)(=O)c1cccnc1NCCCN1CCOCC1. The highest BCUT2D eigenvalue weighted by atomic mass is 32.2. The number of aromatic nitrogens is 1. The van der Waals surface area contributed by atoms with Crippen LogP contribution in [0.3, 0.4) is 0 Å². The summed E-state index contributed by atoms with van der Waals surface area (Å²) in [5.41, 5.74) is 0. The van der Waals surface area contributed by atoms with Crippen molar-refractivity contribution in [2.45, 2.75) is 11.3 Å². The molecule has 0 aromatic carbocycles. The standard InChI is InChI=1S/C13H21N3O3S/c1-20(17,18)12-4-2-5-14-13(12)15-6-3-7-16-8-10-19-11-9-16/h2,4-5H,3,6-11H2,1H3,(H,14,15). The number of sulfone groups is 1. The van der Waals surface area contributed by atoms with Crippen LogP contribution in [-0.4, -0.2) is 64.0 Å². The molecule has 0 spiro atoms. The fourth-order valence-corrected chi connectivity index (χ4v) is 2.96. The van der Waals surface area contributed by atoms with Crippen LogP contribution < -0.4 is 5.32 Å². The zero-order valence-electron chi connectivity index (χ0n) is 11.7. The van der Waals surface area contributed by atoms with E-state index >= 15 is 0 Å². The highest BCUT2D eigenvalue weighted by molar-refractivity contribution is 7.90. The summed E-state index contributed by atoms with van der Waals surface area (Å²) < 4.78 is 28.6. The predicted molar refractivity (Wildman–Crippen MR) is 77.7 cm³/mol. The molecule has 20 heavy (non-hydrogen) atoms. The van der Waals surface area contributed by atoms with Crippen molar-refractivity contribution >= 4 is 15.7 Å². The number of hydrogen-bond donors (Lipinski definition) is 1. The second-order valence-corrected chi connectivity index (χ2v) is 6.84. The molecule has 1 aliphatic rings. The lowest BCUT2D eigenvalue weighted by Crippen LogP contribution is -2.37. The second kappa shape index (κ2) is 7.01. The van der Waals surface area contributed by atoms with E-state index in [2.05, 4.69) is 15.2 Å². The summed E-state index contributed by atoms with van der Waals surface area (Å²) in [5.74, 6) is 0.442. The summed E-state index contributed by atoms with van der Waals surface area (Å²) in [5, 5.41) is 3.11. The topological polar surface area (TPSA) is 71.5 Å². The third-order valence-corrected chi connectivity index (χ3v) is 4.35. The molecule has 0 saturated carbocycles. The van der Waals surface area contributed by atoms with Crippen LogP contribution in [0.15, 0.2) is 23.2 Å². The van der Waals surface area contributed by atoms with Gasteiger partial charge in [0, 0.05) is 32.1 Å². The van der Waals surface area contributed by atoms with Crippen LogP contribution in [0.5, 0.6) is 0 Å². The van der Waals surface area contributed by atoms with E-state index < -0.39 is 9.84 Å². The number of pyridine rings is 1. The van der Waals surface area contributed by atoms with Crippen molar-refractivity contribution in [3.05, 3.63) is 18.3 Å². The molecule has 0 amide bonds. The molecule has 2 heterocycles. The minimum atomic E-state index is -3.24. The fourth-order valence-electron chi connectivity index (χ4n) is 2.16. The average Bonchev–Trinajstić information content (AvgIpc) is 2.44. The number of ether oxygens (including phenoxy) is 1. The van der Waals surface area contributed by atoms with E-state index in [1.165, 1.54) is 6.26 Å². The Labute approximate surface area is 120 Å². The number of rotatable bonds is 6. The van der Waals surface area contributed by atoms with E-state index in [9.17, 15) is 8.42 Å². The Morgan fingerprint density at radius 3 is 2.85 bits per heavy atom. The maximum atomic E-state index is 11.6. The van der Waals surface area contributed by atoms with Crippen LogP contribution in [0, 0.1) is 0 Å². The molecule has 1 N–H and O–H groups in total. The summed E-state index contributed by atoms with van der Waals surface area (Å²) in [4.78, 5) is 6.71. The first-order valence-corrected chi connectivity index (χ1v) is 8.65. The highest BCUT2D eigenvalue weighted by Gasteiger charge is 2.14. The van der Waals surface area contributed by atoms with Gasteiger partial charge in [-0.2, -0.15) is 0 Å².